The Bertz CT molecular complexity index is 725. The number of nitrogens with one attached hydrogen (secondary N) is 1. The summed E-state index contributed by atoms with van der Waals surface area (Å²) in [5.74, 6) is 0.404. The summed E-state index contributed by atoms with van der Waals surface area (Å²) in [6.07, 6.45) is 1.49. The van der Waals surface area contributed by atoms with Crippen LogP contribution in [0.25, 0.3) is 0 Å². The van der Waals surface area contributed by atoms with Crippen LogP contribution in [0.4, 0.5) is 0 Å². The van der Waals surface area contributed by atoms with Crippen LogP contribution in [-0.2, 0) is 4.79 Å². The molecule has 2 aromatic rings. The molecule has 3 rings (SSSR count). The van der Waals surface area contributed by atoms with Crippen molar-refractivity contribution in [2.45, 2.75) is 25.7 Å². The van der Waals surface area contributed by atoms with Gasteiger partial charge < -0.3 is 5.11 Å². The van der Waals surface area contributed by atoms with Gasteiger partial charge in [0, 0.05) is 11.5 Å². The Labute approximate surface area is 135 Å². The van der Waals surface area contributed by atoms with E-state index in [0.717, 1.165) is 6.42 Å². The summed E-state index contributed by atoms with van der Waals surface area (Å²) >= 11 is 0. The van der Waals surface area contributed by atoms with Gasteiger partial charge in [0.2, 0.25) is 5.91 Å². The van der Waals surface area contributed by atoms with Crippen molar-refractivity contribution in [1.29, 1.82) is 0 Å². The van der Waals surface area contributed by atoms with Gasteiger partial charge in [-0.1, -0.05) is 49.4 Å². The zero-order valence-corrected chi connectivity index (χ0v) is 13.1. The summed E-state index contributed by atoms with van der Waals surface area (Å²) in [5.41, 5.74) is 5.19. The van der Waals surface area contributed by atoms with Gasteiger partial charge in [0.15, 0.2) is 0 Å². The van der Waals surface area contributed by atoms with Gasteiger partial charge in [0.05, 0.1) is 5.71 Å². The number of carbonyl (C=O) groups is 1. The van der Waals surface area contributed by atoms with Gasteiger partial charge in [0.1, 0.15) is 5.75 Å². The molecule has 1 amide bonds. The molecule has 118 valence electrons. The maximum Gasteiger partial charge on any atom is 0.243 e. The highest BCUT2D eigenvalue weighted by Crippen LogP contribution is 2.47. The Morgan fingerprint density at radius 1 is 1.17 bits per heavy atom. The predicted octanol–water partition coefficient (Wildman–Crippen LogP) is 3.43. The highest BCUT2D eigenvalue weighted by molar-refractivity contribution is 6.03. The lowest BCUT2D eigenvalue weighted by Gasteiger charge is -2.07. The van der Waals surface area contributed by atoms with Crippen LogP contribution in [0.2, 0.25) is 0 Å². The lowest BCUT2D eigenvalue weighted by atomic mass is 10.1. The first-order chi connectivity index (χ1) is 11.2. The number of hydrogen-bond donors (Lipinski definition) is 2. The number of amides is 1. The fourth-order valence-corrected chi connectivity index (χ4v) is 2.81. The van der Waals surface area contributed by atoms with Crippen LogP contribution in [0.1, 0.15) is 36.8 Å². The van der Waals surface area contributed by atoms with Crippen LogP contribution >= 0.6 is 0 Å². The molecule has 0 radical (unpaired) electrons. The largest absolute Gasteiger partial charge is 0.507 e. The van der Waals surface area contributed by atoms with E-state index >= 15 is 0 Å². The molecular weight excluding hydrogens is 288 g/mol. The number of benzene rings is 2. The van der Waals surface area contributed by atoms with E-state index in [1.165, 1.54) is 5.56 Å². The monoisotopic (exact) mass is 308 g/mol. The quantitative estimate of drug-likeness (QED) is 0.656. The van der Waals surface area contributed by atoms with E-state index in [1.807, 2.05) is 31.2 Å². The van der Waals surface area contributed by atoms with Crippen LogP contribution in [-0.4, -0.2) is 16.7 Å². The number of phenols is 1. The van der Waals surface area contributed by atoms with Crippen LogP contribution in [0.5, 0.6) is 5.75 Å². The van der Waals surface area contributed by atoms with Gasteiger partial charge >= 0.3 is 0 Å². The average molecular weight is 308 g/mol. The maximum absolute atomic E-state index is 12.2. The van der Waals surface area contributed by atoms with Crippen molar-refractivity contribution in [3.63, 3.8) is 0 Å². The van der Waals surface area contributed by atoms with E-state index < -0.39 is 0 Å². The predicted molar refractivity (Wildman–Crippen MR) is 90.4 cm³/mol. The van der Waals surface area contributed by atoms with Crippen molar-refractivity contribution in [3.8, 4) is 5.75 Å². The first kappa shape index (κ1) is 15.3. The second-order valence-electron chi connectivity index (χ2n) is 5.76. The van der Waals surface area contributed by atoms with E-state index in [0.29, 0.717) is 23.6 Å². The summed E-state index contributed by atoms with van der Waals surface area (Å²) in [7, 11) is 0. The van der Waals surface area contributed by atoms with Gasteiger partial charge in [0.25, 0.3) is 0 Å². The normalized spacial score (nSPS) is 20.1. The van der Waals surface area contributed by atoms with E-state index in [2.05, 4.69) is 22.7 Å². The first-order valence-corrected chi connectivity index (χ1v) is 7.90. The minimum absolute atomic E-state index is 0.0105. The second kappa shape index (κ2) is 6.65. The Hall–Kier alpha value is -2.62. The molecule has 1 saturated carbocycles. The number of rotatable bonds is 5. The molecule has 23 heavy (non-hydrogen) atoms. The summed E-state index contributed by atoms with van der Waals surface area (Å²) in [4.78, 5) is 12.2. The molecule has 1 aliphatic carbocycles. The second-order valence-corrected chi connectivity index (χ2v) is 5.76. The van der Waals surface area contributed by atoms with Gasteiger partial charge in [-0.3, -0.25) is 4.79 Å². The molecule has 0 bridgehead atoms. The van der Waals surface area contributed by atoms with Crippen LogP contribution in [0.3, 0.4) is 0 Å². The molecule has 0 saturated heterocycles. The molecule has 0 aromatic heterocycles. The number of hydrogen-bond acceptors (Lipinski definition) is 3. The van der Waals surface area contributed by atoms with Gasteiger partial charge in [-0.05, 0) is 36.5 Å². The SMILES string of the molecule is CCC(=NNC(=O)C1CC1c1ccccc1)c1ccccc1O. The molecule has 0 heterocycles. The summed E-state index contributed by atoms with van der Waals surface area (Å²) in [6.45, 7) is 1.95. The van der Waals surface area contributed by atoms with Crippen molar-refractivity contribution in [3.05, 3.63) is 65.7 Å². The molecule has 1 aliphatic rings. The topological polar surface area (TPSA) is 61.7 Å². The van der Waals surface area contributed by atoms with E-state index in [-0.39, 0.29) is 17.6 Å². The number of aromatic hydroxyl groups is 1. The minimum Gasteiger partial charge on any atom is -0.507 e. The van der Waals surface area contributed by atoms with Crippen molar-refractivity contribution in [2.24, 2.45) is 11.0 Å². The smallest absolute Gasteiger partial charge is 0.243 e. The molecule has 0 aliphatic heterocycles. The third-order valence-corrected chi connectivity index (χ3v) is 4.21. The molecule has 2 unspecified atom stereocenters. The van der Waals surface area contributed by atoms with Crippen molar-refractivity contribution >= 4 is 11.6 Å². The Morgan fingerprint density at radius 2 is 1.87 bits per heavy atom. The summed E-state index contributed by atoms with van der Waals surface area (Å²) in [6, 6.07) is 17.1. The van der Waals surface area contributed by atoms with Gasteiger partial charge in [-0.2, -0.15) is 5.10 Å². The van der Waals surface area contributed by atoms with E-state index in [9.17, 15) is 9.90 Å². The molecule has 2 aromatic carbocycles. The summed E-state index contributed by atoms with van der Waals surface area (Å²) < 4.78 is 0. The Morgan fingerprint density at radius 3 is 2.57 bits per heavy atom. The summed E-state index contributed by atoms with van der Waals surface area (Å²) in [5, 5.41) is 14.1. The molecule has 2 atom stereocenters. The molecule has 0 spiro atoms. The van der Waals surface area contributed by atoms with E-state index in [1.54, 1.807) is 18.2 Å². The number of hydrazone groups is 1. The Kier molecular flexibility index (Phi) is 4.42. The Balaban J connectivity index is 1.65. The third kappa shape index (κ3) is 3.42. The molecule has 1 fully saturated rings. The fourth-order valence-electron chi connectivity index (χ4n) is 2.81. The molecule has 4 nitrogen and oxygen atoms in total. The number of phenolic OH excluding ortho intramolecular Hbond substituents is 1. The van der Waals surface area contributed by atoms with Crippen LogP contribution < -0.4 is 5.43 Å². The maximum atomic E-state index is 12.2. The first-order valence-electron chi connectivity index (χ1n) is 7.90. The molecule has 4 heteroatoms. The lowest BCUT2D eigenvalue weighted by molar-refractivity contribution is -0.122. The molecule has 2 N–H and O–H groups in total. The zero-order valence-electron chi connectivity index (χ0n) is 13.1. The highest BCUT2D eigenvalue weighted by atomic mass is 16.3. The van der Waals surface area contributed by atoms with Crippen LogP contribution in [0, 0.1) is 5.92 Å². The minimum atomic E-state index is -0.0553. The van der Waals surface area contributed by atoms with Crippen molar-refractivity contribution in [1.82, 2.24) is 5.43 Å². The number of para-hydroxylation sites is 1. The standard InChI is InChI=1S/C19H20N2O2/c1-2-17(14-10-6-7-11-18(14)22)20-21-19(23)16-12-15(16)13-8-4-3-5-9-13/h3-11,15-16,22H,2,12H2,1H3,(H,21,23). The lowest BCUT2D eigenvalue weighted by Crippen LogP contribution is -2.22. The zero-order chi connectivity index (χ0) is 16.2. The number of nitrogens with zero attached hydrogens (tertiary/aromatic N) is 1. The fraction of sp³-hybridized carbons (Fsp3) is 0.263. The van der Waals surface area contributed by atoms with Gasteiger partial charge in [-0.25, -0.2) is 5.43 Å². The highest BCUT2D eigenvalue weighted by Gasteiger charge is 2.43. The number of carbonyl (C=O) groups excluding carboxylic acids is 1. The molecular formula is C19H20N2O2. The van der Waals surface area contributed by atoms with Crippen molar-refractivity contribution in [2.75, 3.05) is 0 Å². The van der Waals surface area contributed by atoms with Crippen molar-refractivity contribution < 1.29 is 9.90 Å². The average Bonchev–Trinajstić information content (AvgIpc) is 3.38. The third-order valence-electron chi connectivity index (χ3n) is 4.21. The van der Waals surface area contributed by atoms with Gasteiger partial charge in [-0.15, -0.1) is 0 Å². The van der Waals surface area contributed by atoms with Crippen LogP contribution in [0.15, 0.2) is 59.7 Å². The van der Waals surface area contributed by atoms with E-state index in [4.69, 9.17) is 0 Å².